The average molecular weight is 371 g/mol. The molecule has 22 heavy (non-hydrogen) atoms. The molecule has 0 aliphatic heterocycles. The number of nitrogens with one attached hydrogen (secondary N) is 1. The Morgan fingerprint density at radius 2 is 2.00 bits per heavy atom. The van der Waals surface area contributed by atoms with E-state index in [0.29, 0.717) is 10.9 Å². The van der Waals surface area contributed by atoms with Gasteiger partial charge in [0.1, 0.15) is 11.6 Å². The molecule has 0 spiro atoms. The van der Waals surface area contributed by atoms with Crippen LogP contribution in [0.2, 0.25) is 0 Å². The summed E-state index contributed by atoms with van der Waals surface area (Å²) >= 11 is 3.19. The highest BCUT2D eigenvalue weighted by Gasteiger charge is 2.19. The van der Waals surface area contributed by atoms with Gasteiger partial charge in [0.2, 0.25) is 0 Å². The van der Waals surface area contributed by atoms with Gasteiger partial charge in [0, 0.05) is 32.0 Å². The van der Waals surface area contributed by atoms with Gasteiger partial charge in [-0.15, -0.1) is 0 Å². The molecule has 6 heteroatoms. The highest BCUT2D eigenvalue weighted by molar-refractivity contribution is 9.10. The van der Waals surface area contributed by atoms with Crippen LogP contribution in [0, 0.1) is 12.7 Å². The van der Waals surface area contributed by atoms with Crippen LogP contribution in [0.25, 0.3) is 0 Å². The van der Waals surface area contributed by atoms with Gasteiger partial charge >= 0.3 is 0 Å². The number of H-pyrrole nitrogens is 1. The quantitative estimate of drug-likeness (QED) is 0.744. The van der Waals surface area contributed by atoms with Crippen LogP contribution in [0.5, 0.6) is 0 Å². The van der Waals surface area contributed by atoms with Crippen LogP contribution in [0.4, 0.5) is 4.39 Å². The lowest BCUT2D eigenvalue weighted by atomic mass is 9.91. The highest BCUT2D eigenvalue weighted by Crippen LogP contribution is 2.31. The summed E-state index contributed by atoms with van der Waals surface area (Å²) in [6, 6.07) is 5.20. The number of aromatic nitrogens is 2. The van der Waals surface area contributed by atoms with Crippen LogP contribution in [0.3, 0.4) is 0 Å². The molecule has 0 radical (unpaired) electrons. The predicted octanol–water partition coefficient (Wildman–Crippen LogP) is 4.15. The monoisotopic (exact) mass is 370 g/mol. The summed E-state index contributed by atoms with van der Waals surface area (Å²) in [5, 5.41) is 0. The normalized spacial score (nSPS) is 12.8. The Kier molecular flexibility index (Phi) is 6.11. The number of benzene rings is 1. The molecule has 120 valence electrons. The zero-order chi connectivity index (χ0) is 16.1. The molecule has 0 aliphatic rings. The smallest absolute Gasteiger partial charge is 0.156 e. The summed E-state index contributed by atoms with van der Waals surface area (Å²) in [5.41, 5.74) is 1.86. The zero-order valence-electron chi connectivity index (χ0n) is 12.9. The van der Waals surface area contributed by atoms with Crippen LogP contribution in [-0.4, -0.2) is 30.5 Å². The van der Waals surface area contributed by atoms with E-state index in [1.807, 2.05) is 13.0 Å². The topological polar surface area (TPSA) is 47.1 Å². The van der Waals surface area contributed by atoms with Crippen molar-refractivity contribution in [1.29, 1.82) is 0 Å². The first kappa shape index (κ1) is 17.1. The minimum atomic E-state index is -0.271. The summed E-state index contributed by atoms with van der Waals surface area (Å²) in [5.74, 6) is 0.581. The van der Waals surface area contributed by atoms with Crippen molar-refractivity contribution < 1.29 is 13.9 Å². The maximum atomic E-state index is 13.9. The Morgan fingerprint density at radius 3 is 2.55 bits per heavy atom. The number of nitrogens with zero attached hydrogens (tertiary/aromatic N) is 1. The van der Waals surface area contributed by atoms with E-state index in [2.05, 4.69) is 25.9 Å². The second-order valence-electron chi connectivity index (χ2n) is 5.13. The summed E-state index contributed by atoms with van der Waals surface area (Å²) in [7, 11) is 3.23. The van der Waals surface area contributed by atoms with E-state index in [9.17, 15) is 4.39 Å². The van der Waals surface area contributed by atoms with E-state index in [4.69, 9.17) is 9.47 Å². The number of hydrogen-bond acceptors (Lipinski definition) is 3. The molecular formula is C16H20BrFN2O2. The standard InChI is InChI=1S/C16H20BrFN2O2/c1-10-19-9-15(20-10)12(5-7-16(21-2)22-3)11-4-6-13(17)14(18)8-11/h4,6,8-9,12,16H,5,7H2,1-3H3,(H,19,20). The van der Waals surface area contributed by atoms with Gasteiger partial charge in [-0.2, -0.15) is 0 Å². The first-order valence-corrected chi connectivity index (χ1v) is 7.86. The van der Waals surface area contributed by atoms with Crippen molar-refractivity contribution in [2.45, 2.75) is 32.0 Å². The van der Waals surface area contributed by atoms with Crippen molar-refractivity contribution in [3.8, 4) is 0 Å². The molecule has 2 rings (SSSR count). The van der Waals surface area contributed by atoms with Crippen LogP contribution >= 0.6 is 15.9 Å². The Morgan fingerprint density at radius 1 is 1.27 bits per heavy atom. The van der Waals surface area contributed by atoms with Gasteiger partial charge in [0.25, 0.3) is 0 Å². The molecule has 0 aliphatic carbocycles. The third-order valence-electron chi connectivity index (χ3n) is 3.66. The van der Waals surface area contributed by atoms with Crippen molar-refractivity contribution in [3.63, 3.8) is 0 Å². The van der Waals surface area contributed by atoms with E-state index >= 15 is 0 Å². The van der Waals surface area contributed by atoms with Crippen LogP contribution in [0.1, 0.15) is 35.8 Å². The molecular weight excluding hydrogens is 351 g/mol. The third kappa shape index (κ3) is 4.15. The number of ether oxygens (including phenoxy) is 2. The van der Waals surface area contributed by atoms with Crippen LogP contribution < -0.4 is 0 Å². The first-order chi connectivity index (χ1) is 10.5. The van der Waals surface area contributed by atoms with Crippen molar-refractivity contribution in [1.82, 2.24) is 9.97 Å². The first-order valence-electron chi connectivity index (χ1n) is 7.07. The van der Waals surface area contributed by atoms with E-state index in [0.717, 1.165) is 23.5 Å². The number of aryl methyl sites for hydroxylation is 1. The molecule has 0 amide bonds. The van der Waals surface area contributed by atoms with Crippen LogP contribution in [-0.2, 0) is 9.47 Å². The van der Waals surface area contributed by atoms with E-state index in [-0.39, 0.29) is 18.0 Å². The predicted molar refractivity (Wildman–Crippen MR) is 86.3 cm³/mol. The van der Waals surface area contributed by atoms with Crippen molar-refractivity contribution in [2.75, 3.05) is 14.2 Å². The summed E-state index contributed by atoms with van der Waals surface area (Å²) in [4.78, 5) is 7.49. The Bertz CT molecular complexity index is 614. The maximum absolute atomic E-state index is 13.9. The third-order valence-corrected chi connectivity index (χ3v) is 4.30. The molecule has 0 saturated heterocycles. The van der Waals surface area contributed by atoms with Gasteiger partial charge < -0.3 is 14.5 Å². The fraction of sp³-hybridized carbons (Fsp3) is 0.438. The summed E-state index contributed by atoms with van der Waals surface area (Å²) in [6.45, 7) is 1.90. The minimum absolute atomic E-state index is 0.0107. The number of aromatic amines is 1. The second kappa shape index (κ2) is 7.85. The van der Waals surface area contributed by atoms with E-state index in [1.54, 1.807) is 32.5 Å². The molecule has 0 saturated carbocycles. The van der Waals surface area contributed by atoms with Gasteiger partial charge in [-0.25, -0.2) is 9.37 Å². The highest BCUT2D eigenvalue weighted by atomic mass is 79.9. The van der Waals surface area contributed by atoms with E-state index in [1.165, 1.54) is 0 Å². The lowest BCUT2D eigenvalue weighted by Gasteiger charge is -2.19. The summed E-state index contributed by atoms with van der Waals surface area (Å²) < 4.78 is 24.8. The van der Waals surface area contributed by atoms with Gasteiger partial charge in [-0.3, -0.25) is 0 Å². The Balaban J connectivity index is 2.26. The van der Waals surface area contributed by atoms with Gasteiger partial charge in [-0.1, -0.05) is 6.07 Å². The van der Waals surface area contributed by atoms with Crippen molar-refractivity contribution in [3.05, 3.63) is 51.8 Å². The molecule has 2 aromatic rings. The maximum Gasteiger partial charge on any atom is 0.156 e. The second-order valence-corrected chi connectivity index (χ2v) is 5.98. The number of rotatable bonds is 7. The molecule has 1 atom stereocenters. The van der Waals surface area contributed by atoms with Gasteiger partial charge in [0.15, 0.2) is 6.29 Å². The summed E-state index contributed by atoms with van der Waals surface area (Å²) in [6.07, 6.45) is 2.99. The van der Waals surface area contributed by atoms with Gasteiger partial charge in [-0.05, 0) is 53.4 Å². The number of imidazole rings is 1. The number of hydrogen-bond donors (Lipinski definition) is 1. The van der Waals surface area contributed by atoms with E-state index < -0.39 is 0 Å². The number of methoxy groups -OCH3 is 2. The largest absolute Gasteiger partial charge is 0.356 e. The Hall–Kier alpha value is -1.24. The van der Waals surface area contributed by atoms with Crippen molar-refractivity contribution >= 4 is 15.9 Å². The Labute approximate surface area is 138 Å². The van der Waals surface area contributed by atoms with Gasteiger partial charge in [0.05, 0.1) is 4.47 Å². The molecule has 0 fully saturated rings. The molecule has 0 bridgehead atoms. The fourth-order valence-electron chi connectivity index (χ4n) is 2.48. The number of halogens is 2. The lowest BCUT2D eigenvalue weighted by molar-refractivity contribution is -0.107. The minimum Gasteiger partial charge on any atom is -0.356 e. The zero-order valence-corrected chi connectivity index (χ0v) is 14.5. The lowest BCUT2D eigenvalue weighted by Crippen LogP contribution is -2.15. The molecule has 1 aromatic carbocycles. The molecule has 4 nitrogen and oxygen atoms in total. The van der Waals surface area contributed by atoms with Crippen molar-refractivity contribution in [2.24, 2.45) is 0 Å². The molecule has 1 aromatic heterocycles. The molecule has 1 heterocycles. The molecule has 1 N–H and O–H groups in total. The SMILES string of the molecule is COC(CCC(c1ccc(Br)c(F)c1)c1cnc(C)[nH]1)OC. The van der Waals surface area contributed by atoms with Crippen LogP contribution in [0.15, 0.2) is 28.9 Å². The molecule has 1 unspecified atom stereocenters. The fourth-order valence-corrected chi connectivity index (χ4v) is 2.73. The average Bonchev–Trinajstić information content (AvgIpc) is 2.93.